The summed E-state index contributed by atoms with van der Waals surface area (Å²) in [5.41, 5.74) is 0. The lowest BCUT2D eigenvalue weighted by Crippen LogP contribution is -2.70. The van der Waals surface area contributed by atoms with Crippen molar-refractivity contribution < 1.29 is 71.4 Å². The Labute approximate surface area is 202 Å². The summed E-state index contributed by atoms with van der Waals surface area (Å²) < 4.78 is 174. The Morgan fingerprint density at radius 2 is 1.14 bits per heavy atom. The van der Waals surface area contributed by atoms with Crippen LogP contribution >= 0.6 is 0 Å². The summed E-state index contributed by atoms with van der Waals surface area (Å²) >= 11 is 0. The lowest BCUT2D eigenvalue weighted by molar-refractivity contribution is -0.440. The number of ether oxygens (including phenoxy) is 1. The number of halogens is 13. The van der Waals surface area contributed by atoms with E-state index in [2.05, 4.69) is 0 Å². The second-order valence-corrected chi connectivity index (χ2v) is 7.85. The van der Waals surface area contributed by atoms with E-state index >= 15 is 0 Å². The van der Waals surface area contributed by atoms with Crippen molar-refractivity contribution in [3.05, 3.63) is 0 Å². The third-order valence-corrected chi connectivity index (χ3v) is 4.88. The van der Waals surface area contributed by atoms with Crippen LogP contribution < -0.4 is 10.6 Å². The highest BCUT2D eigenvalue weighted by molar-refractivity contribution is 5.80. The summed E-state index contributed by atoms with van der Waals surface area (Å²) in [5, 5.41) is 3.09. The number of amides is 2. The van der Waals surface area contributed by atoms with E-state index in [1.165, 1.54) is 5.32 Å². The van der Waals surface area contributed by atoms with E-state index in [1.807, 2.05) is 6.92 Å². The third kappa shape index (κ3) is 8.41. The summed E-state index contributed by atoms with van der Waals surface area (Å²) in [6, 6.07) is -1.50. The number of rotatable bonds is 16. The predicted molar refractivity (Wildman–Crippen MR) is 101 cm³/mol. The minimum Gasteiger partial charge on any atom is -0.464 e. The largest absolute Gasteiger partial charge is 0.464 e. The summed E-state index contributed by atoms with van der Waals surface area (Å²) in [5.74, 6) is -38.4. The molecule has 0 aliphatic heterocycles. The van der Waals surface area contributed by atoms with Crippen molar-refractivity contribution in [2.24, 2.45) is 0 Å². The Morgan fingerprint density at radius 3 is 1.65 bits per heavy atom. The molecule has 0 aromatic carbocycles. The Kier molecular flexibility index (Phi) is 12.3. The molecule has 0 aliphatic rings. The van der Waals surface area contributed by atoms with Gasteiger partial charge in [-0.1, -0.05) is 39.0 Å². The predicted octanol–water partition coefficient (Wildman–Crippen LogP) is 6.32. The number of alkyl halides is 13. The lowest BCUT2D eigenvalue weighted by Gasteiger charge is -2.39. The molecular formula is C19H25F13N2O3. The second-order valence-electron chi connectivity index (χ2n) is 7.85. The second kappa shape index (κ2) is 13.1. The number of urea groups is 1. The first-order valence-electron chi connectivity index (χ1n) is 10.7. The fraction of sp³-hybridized carbons (Fsp3) is 0.895. The highest BCUT2D eigenvalue weighted by atomic mass is 19.4. The number of esters is 1. The molecule has 0 unspecified atom stereocenters. The Bertz CT molecular complexity index is 743. The van der Waals surface area contributed by atoms with Crippen molar-refractivity contribution in [3.8, 4) is 0 Å². The molecule has 0 aliphatic carbocycles. The van der Waals surface area contributed by atoms with E-state index < -0.39 is 67.3 Å². The summed E-state index contributed by atoms with van der Waals surface area (Å²) in [4.78, 5) is 22.8. The van der Waals surface area contributed by atoms with Gasteiger partial charge in [-0.05, 0) is 6.42 Å². The van der Waals surface area contributed by atoms with Crippen LogP contribution in [0.3, 0.4) is 0 Å². The average Bonchev–Trinajstić information content (AvgIpc) is 2.75. The van der Waals surface area contributed by atoms with E-state index in [4.69, 9.17) is 4.74 Å². The first-order valence-corrected chi connectivity index (χ1v) is 10.7. The molecule has 0 rings (SSSR count). The molecule has 37 heavy (non-hydrogen) atoms. The highest BCUT2D eigenvalue weighted by Crippen LogP contribution is 2.60. The maximum absolute atomic E-state index is 13.6. The topological polar surface area (TPSA) is 67.4 Å². The van der Waals surface area contributed by atoms with Crippen LogP contribution in [0.5, 0.6) is 0 Å². The molecule has 0 spiro atoms. The van der Waals surface area contributed by atoms with Gasteiger partial charge in [0.05, 0.1) is 6.61 Å². The van der Waals surface area contributed by atoms with Crippen LogP contribution in [0.4, 0.5) is 61.9 Å². The fourth-order valence-corrected chi connectivity index (χ4v) is 2.63. The van der Waals surface area contributed by atoms with Gasteiger partial charge in [0.1, 0.15) is 6.54 Å². The van der Waals surface area contributed by atoms with Crippen LogP contribution in [-0.2, 0) is 9.53 Å². The van der Waals surface area contributed by atoms with Crippen LogP contribution in [-0.4, -0.2) is 67.5 Å². The molecule has 5 nitrogen and oxygen atoms in total. The zero-order valence-electron chi connectivity index (χ0n) is 19.2. The number of carbonyl (C=O) groups excluding carboxylic acids is 2. The molecule has 0 radical (unpaired) electrons. The van der Waals surface area contributed by atoms with Gasteiger partial charge in [0.2, 0.25) is 0 Å². The molecule has 0 aromatic rings. The van der Waals surface area contributed by atoms with Crippen LogP contribution in [0.15, 0.2) is 0 Å². The van der Waals surface area contributed by atoms with Crippen LogP contribution in [0.2, 0.25) is 0 Å². The maximum Gasteiger partial charge on any atom is 0.460 e. The molecule has 0 aromatic heterocycles. The van der Waals surface area contributed by atoms with Gasteiger partial charge in [-0.3, -0.25) is 4.79 Å². The summed E-state index contributed by atoms with van der Waals surface area (Å²) in [6.07, 6.45) is -4.89. The van der Waals surface area contributed by atoms with E-state index in [1.54, 1.807) is 5.32 Å². The number of carbonyl (C=O) groups is 2. The molecule has 0 bridgehead atoms. The zero-order valence-corrected chi connectivity index (χ0v) is 19.2. The van der Waals surface area contributed by atoms with Crippen molar-refractivity contribution in [3.63, 3.8) is 0 Å². The number of nitrogens with one attached hydrogen (secondary N) is 2. The molecule has 18 heteroatoms. The van der Waals surface area contributed by atoms with Gasteiger partial charge in [0, 0.05) is 13.0 Å². The normalized spacial score (nSPS) is 13.9. The van der Waals surface area contributed by atoms with Crippen molar-refractivity contribution >= 4 is 12.0 Å². The van der Waals surface area contributed by atoms with E-state index in [-0.39, 0.29) is 6.61 Å². The number of hydrogen-bond acceptors (Lipinski definition) is 3. The lowest BCUT2D eigenvalue weighted by atomic mass is 9.92. The molecule has 2 amide bonds. The smallest absolute Gasteiger partial charge is 0.460 e. The van der Waals surface area contributed by atoms with Crippen molar-refractivity contribution in [2.75, 3.05) is 19.7 Å². The van der Waals surface area contributed by atoms with Gasteiger partial charge in [-0.25, -0.2) is 4.79 Å². The molecule has 0 saturated carbocycles. The van der Waals surface area contributed by atoms with Gasteiger partial charge in [0.15, 0.2) is 0 Å². The molecule has 0 heterocycles. The maximum atomic E-state index is 13.6. The van der Waals surface area contributed by atoms with Crippen LogP contribution in [0, 0.1) is 0 Å². The van der Waals surface area contributed by atoms with Crippen LogP contribution in [0.25, 0.3) is 0 Å². The summed E-state index contributed by atoms with van der Waals surface area (Å²) in [6.45, 7) is -0.511. The minimum absolute atomic E-state index is 0.0121. The molecule has 2 N–H and O–H groups in total. The van der Waals surface area contributed by atoms with E-state index in [0.29, 0.717) is 6.42 Å². The number of hydrogen-bond donors (Lipinski definition) is 2. The van der Waals surface area contributed by atoms with E-state index in [9.17, 15) is 66.7 Å². The standard InChI is InChI=1S/C19H25F13N2O3/c1-2-3-4-5-6-7-10-37-12(35)11-34-13(36)33-9-8-14(20,21)15(22,23)16(24,25)17(26,27)18(28,29)19(30,31)32/h2-11H2,1H3,(H2,33,34,36). The van der Waals surface area contributed by atoms with Gasteiger partial charge < -0.3 is 15.4 Å². The Morgan fingerprint density at radius 1 is 0.649 bits per heavy atom. The van der Waals surface area contributed by atoms with Crippen LogP contribution in [0.1, 0.15) is 51.9 Å². The molecular weight excluding hydrogens is 551 g/mol. The third-order valence-electron chi connectivity index (χ3n) is 4.88. The van der Waals surface area contributed by atoms with Crippen molar-refractivity contribution in [1.82, 2.24) is 10.6 Å². The first-order chi connectivity index (χ1) is 16.6. The molecule has 220 valence electrons. The van der Waals surface area contributed by atoms with Gasteiger partial charge >= 0.3 is 47.8 Å². The van der Waals surface area contributed by atoms with Gasteiger partial charge in [-0.2, -0.15) is 57.1 Å². The van der Waals surface area contributed by atoms with Crippen molar-refractivity contribution in [2.45, 2.75) is 87.7 Å². The molecule has 0 fully saturated rings. The summed E-state index contributed by atoms with van der Waals surface area (Å²) in [7, 11) is 0. The zero-order chi connectivity index (χ0) is 29.3. The fourth-order valence-electron chi connectivity index (χ4n) is 2.63. The molecule has 0 saturated heterocycles. The Balaban J connectivity index is 4.84. The van der Waals surface area contributed by atoms with E-state index in [0.717, 1.165) is 32.1 Å². The van der Waals surface area contributed by atoms with Crippen molar-refractivity contribution in [1.29, 1.82) is 0 Å². The quantitative estimate of drug-likeness (QED) is 0.129. The van der Waals surface area contributed by atoms with Gasteiger partial charge in [-0.15, -0.1) is 0 Å². The first kappa shape index (κ1) is 34.8. The molecule has 0 atom stereocenters. The Hall–Kier alpha value is -2.17. The minimum atomic E-state index is -7.98. The van der Waals surface area contributed by atoms with Gasteiger partial charge in [0.25, 0.3) is 0 Å². The monoisotopic (exact) mass is 576 g/mol. The highest BCUT2D eigenvalue weighted by Gasteiger charge is 2.90. The average molecular weight is 576 g/mol. The number of unbranched alkanes of at least 4 members (excludes halogenated alkanes) is 5. The SMILES string of the molecule is CCCCCCCCOC(=O)CNC(=O)NCCC(F)(F)C(F)(F)C(F)(F)C(F)(F)C(F)(F)C(F)(F)F.